The Hall–Kier alpha value is -1.74. The Kier molecular flexibility index (Phi) is 4.05. The molecule has 0 saturated heterocycles. The maximum absolute atomic E-state index is 12.2. The molecule has 0 amide bonds. The van der Waals surface area contributed by atoms with Crippen LogP contribution in [-0.2, 0) is 4.79 Å². The van der Waals surface area contributed by atoms with Crippen LogP contribution in [0.3, 0.4) is 0 Å². The van der Waals surface area contributed by atoms with Crippen molar-refractivity contribution >= 4 is 28.0 Å². The van der Waals surface area contributed by atoms with E-state index in [4.69, 9.17) is 0 Å². The molecule has 2 aromatic carbocycles. The molecular weight excluding hydrogens is 292 g/mol. The highest BCUT2D eigenvalue weighted by molar-refractivity contribution is 9.10. The summed E-state index contributed by atoms with van der Waals surface area (Å²) < 4.78 is 0.919. The van der Waals surface area contributed by atoms with E-state index in [0.717, 1.165) is 4.47 Å². The minimum absolute atomic E-state index is 0.173. The summed E-state index contributed by atoms with van der Waals surface area (Å²) in [6.45, 7) is 0. The molecule has 2 nitrogen and oxygen atoms in total. The van der Waals surface area contributed by atoms with Crippen LogP contribution in [0.2, 0.25) is 0 Å². The number of aldehydes is 1. The smallest absolute Gasteiger partial charge is 0.177 e. The van der Waals surface area contributed by atoms with E-state index in [1.54, 1.807) is 36.4 Å². The Labute approximate surface area is 114 Å². The molecule has 18 heavy (non-hydrogen) atoms. The quantitative estimate of drug-likeness (QED) is 0.491. The van der Waals surface area contributed by atoms with Crippen LogP contribution in [0, 0.1) is 0 Å². The van der Waals surface area contributed by atoms with Gasteiger partial charge in [-0.05, 0) is 17.7 Å². The number of halogens is 1. The number of carbonyl (C=O) groups excluding carboxylic acids is 2. The fourth-order valence-electron chi connectivity index (χ4n) is 1.74. The zero-order valence-electron chi connectivity index (χ0n) is 9.55. The van der Waals surface area contributed by atoms with Gasteiger partial charge < -0.3 is 4.79 Å². The highest BCUT2D eigenvalue weighted by atomic mass is 79.9. The molecule has 2 rings (SSSR count). The normalized spacial score (nSPS) is 11.8. The predicted octanol–water partition coefficient (Wildman–Crippen LogP) is 3.61. The van der Waals surface area contributed by atoms with Crippen molar-refractivity contribution in [1.29, 1.82) is 0 Å². The maximum atomic E-state index is 12.2. The minimum Gasteiger partial charge on any atom is -0.302 e. The summed E-state index contributed by atoms with van der Waals surface area (Å²) >= 11 is 3.33. The van der Waals surface area contributed by atoms with Crippen molar-refractivity contribution in [3.05, 3.63) is 70.2 Å². The van der Waals surface area contributed by atoms with E-state index in [9.17, 15) is 9.59 Å². The molecule has 3 heteroatoms. The van der Waals surface area contributed by atoms with E-state index in [2.05, 4.69) is 15.9 Å². The molecule has 0 spiro atoms. The summed E-state index contributed by atoms with van der Waals surface area (Å²) in [5, 5.41) is 0. The second-order valence-electron chi connectivity index (χ2n) is 3.90. The lowest BCUT2D eigenvalue weighted by Gasteiger charge is -2.09. The molecule has 1 atom stereocenters. The van der Waals surface area contributed by atoms with Gasteiger partial charge >= 0.3 is 0 Å². The molecule has 0 bridgehead atoms. The van der Waals surface area contributed by atoms with Gasteiger partial charge in [0.15, 0.2) is 5.78 Å². The van der Waals surface area contributed by atoms with Crippen LogP contribution in [0.5, 0.6) is 0 Å². The van der Waals surface area contributed by atoms with Crippen molar-refractivity contribution in [2.75, 3.05) is 0 Å². The summed E-state index contributed by atoms with van der Waals surface area (Å²) in [5.74, 6) is -0.909. The van der Waals surface area contributed by atoms with E-state index in [1.807, 2.05) is 18.2 Å². The fraction of sp³-hybridized carbons (Fsp3) is 0.0667. The monoisotopic (exact) mass is 302 g/mol. The van der Waals surface area contributed by atoms with E-state index in [-0.39, 0.29) is 5.78 Å². The van der Waals surface area contributed by atoms with Crippen molar-refractivity contribution < 1.29 is 9.59 Å². The number of hydrogen-bond donors (Lipinski definition) is 0. The molecule has 1 unspecified atom stereocenters. The number of ketones is 1. The summed E-state index contributed by atoms with van der Waals surface area (Å²) in [6.07, 6.45) is 0.693. The standard InChI is InChI=1S/C15H11BrO2/c16-13-8-6-11(7-9-13)14(10-17)15(18)12-4-2-1-3-5-12/h1-10,14H. The topological polar surface area (TPSA) is 34.1 Å². The molecule has 2 aromatic rings. The molecule has 0 aliphatic rings. The lowest BCUT2D eigenvalue weighted by Crippen LogP contribution is -2.14. The molecule has 0 aliphatic carbocycles. The van der Waals surface area contributed by atoms with Gasteiger partial charge in [-0.25, -0.2) is 0 Å². The SMILES string of the molecule is O=CC(C(=O)c1ccccc1)c1ccc(Br)cc1. The maximum Gasteiger partial charge on any atom is 0.177 e. The third-order valence-electron chi connectivity index (χ3n) is 2.71. The van der Waals surface area contributed by atoms with Gasteiger partial charge in [-0.1, -0.05) is 58.4 Å². The minimum atomic E-state index is -0.736. The summed E-state index contributed by atoms with van der Waals surface area (Å²) in [7, 11) is 0. The van der Waals surface area contributed by atoms with Gasteiger partial charge in [-0.2, -0.15) is 0 Å². The first-order chi connectivity index (χ1) is 8.72. The molecule has 0 heterocycles. The molecular formula is C15H11BrO2. The number of benzene rings is 2. The van der Waals surface area contributed by atoms with Crippen LogP contribution in [0.1, 0.15) is 21.8 Å². The summed E-state index contributed by atoms with van der Waals surface area (Å²) in [4.78, 5) is 23.4. The summed E-state index contributed by atoms with van der Waals surface area (Å²) in [6, 6.07) is 16.1. The summed E-state index contributed by atoms with van der Waals surface area (Å²) in [5.41, 5.74) is 1.26. The zero-order valence-corrected chi connectivity index (χ0v) is 11.1. The van der Waals surface area contributed by atoms with Crippen LogP contribution in [-0.4, -0.2) is 12.1 Å². The lowest BCUT2D eigenvalue weighted by atomic mass is 9.92. The van der Waals surface area contributed by atoms with Crippen LogP contribution >= 0.6 is 15.9 Å². The highest BCUT2D eigenvalue weighted by Crippen LogP contribution is 2.21. The van der Waals surface area contributed by atoms with E-state index in [1.165, 1.54) is 0 Å². The molecule has 90 valence electrons. The van der Waals surface area contributed by atoms with Crippen molar-refractivity contribution in [1.82, 2.24) is 0 Å². The number of Topliss-reactive ketones (excluding diaryl/α,β-unsaturated/α-hetero) is 1. The van der Waals surface area contributed by atoms with Gasteiger partial charge in [-0.15, -0.1) is 0 Å². The average Bonchev–Trinajstić information content (AvgIpc) is 2.42. The Balaban J connectivity index is 2.32. The highest BCUT2D eigenvalue weighted by Gasteiger charge is 2.20. The van der Waals surface area contributed by atoms with E-state index in [0.29, 0.717) is 17.4 Å². The first-order valence-corrected chi connectivity index (χ1v) is 6.31. The molecule has 0 radical (unpaired) electrons. The third kappa shape index (κ3) is 2.74. The van der Waals surface area contributed by atoms with Crippen molar-refractivity contribution in [2.24, 2.45) is 0 Å². The zero-order chi connectivity index (χ0) is 13.0. The fourth-order valence-corrected chi connectivity index (χ4v) is 2.01. The Morgan fingerprint density at radius 1 is 1.00 bits per heavy atom. The van der Waals surface area contributed by atoms with Crippen LogP contribution in [0.15, 0.2) is 59.1 Å². The molecule has 0 aliphatic heterocycles. The van der Waals surface area contributed by atoms with Crippen LogP contribution in [0.4, 0.5) is 0 Å². The Bertz CT molecular complexity index is 546. The molecule has 0 aromatic heterocycles. The van der Waals surface area contributed by atoms with Crippen molar-refractivity contribution in [3.63, 3.8) is 0 Å². The first-order valence-electron chi connectivity index (χ1n) is 5.52. The lowest BCUT2D eigenvalue weighted by molar-refractivity contribution is -0.108. The second kappa shape index (κ2) is 5.74. The van der Waals surface area contributed by atoms with Gasteiger partial charge in [0.25, 0.3) is 0 Å². The number of carbonyl (C=O) groups is 2. The predicted molar refractivity (Wildman–Crippen MR) is 73.7 cm³/mol. The van der Waals surface area contributed by atoms with Gasteiger partial charge in [0, 0.05) is 10.0 Å². The van der Waals surface area contributed by atoms with Crippen LogP contribution < -0.4 is 0 Å². The van der Waals surface area contributed by atoms with E-state index >= 15 is 0 Å². The van der Waals surface area contributed by atoms with Gasteiger partial charge in [-0.3, -0.25) is 4.79 Å². The van der Waals surface area contributed by atoms with Gasteiger partial charge in [0.2, 0.25) is 0 Å². The Morgan fingerprint density at radius 2 is 1.61 bits per heavy atom. The number of hydrogen-bond acceptors (Lipinski definition) is 2. The molecule has 0 saturated carbocycles. The third-order valence-corrected chi connectivity index (χ3v) is 3.23. The van der Waals surface area contributed by atoms with Crippen molar-refractivity contribution in [3.8, 4) is 0 Å². The van der Waals surface area contributed by atoms with Crippen LogP contribution in [0.25, 0.3) is 0 Å². The average molecular weight is 303 g/mol. The largest absolute Gasteiger partial charge is 0.302 e. The van der Waals surface area contributed by atoms with E-state index < -0.39 is 5.92 Å². The van der Waals surface area contributed by atoms with Gasteiger partial charge in [0.1, 0.15) is 12.2 Å². The van der Waals surface area contributed by atoms with Crippen molar-refractivity contribution in [2.45, 2.75) is 5.92 Å². The molecule has 0 fully saturated rings. The first kappa shape index (κ1) is 12.7. The van der Waals surface area contributed by atoms with Gasteiger partial charge in [0.05, 0.1) is 0 Å². The molecule has 0 N–H and O–H groups in total. The number of rotatable bonds is 4. The Morgan fingerprint density at radius 3 is 2.17 bits per heavy atom. The second-order valence-corrected chi connectivity index (χ2v) is 4.81.